The molecule has 2 aromatic rings. The Morgan fingerprint density at radius 2 is 1.80 bits per heavy atom. The van der Waals surface area contributed by atoms with Gasteiger partial charge in [-0.1, -0.05) is 37.3 Å². The van der Waals surface area contributed by atoms with Crippen molar-refractivity contribution in [2.75, 3.05) is 26.7 Å². The van der Waals surface area contributed by atoms with Crippen molar-refractivity contribution in [2.45, 2.75) is 33.2 Å². The number of para-hydroxylation sites is 1. The number of halogens is 1. The molecule has 0 aromatic heterocycles. The van der Waals surface area contributed by atoms with E-state index in [1.54, 1.807) is 7.11 Å². The fourth-order valence-corrected chi connectivity index (χ4v) is 2.89. The van der Waals surface area contributed by atoms with Crippen molar-refractivity contribution >= 4 is 35.8 Å². The SMILES string of the molecule is CCCNC(=O)c1cccc(CN=C(NCC)NCCc2ccccc2OC)c1.I. The van der Waals surface area contributed by atoms with Gasteiger partial charge in [0.1, 0.15) is 5.75 Å². The minimum absolute atomic E-state index is 0. The lowest BCUT2D eigenvalue weighted by atomic mass is 10.1. The summed E-state index contributed by atoms with van der Waals surface area (Å²) in [6.45, 7) is 6.77. The van der Waals surface area contributed by atoms with Gasteiger partial charge in [-0.15, -0.1) is 24.0 Å². The molecule has 0 saturated carbocycles. The van der Waals surface area contributed by atoms with Gasteiger partial charge in [0.05, 0.1) is 13.7 Å². The number of ether oxygens (including phenoxy) is 1. The molecule has 7 heteroatoms. The Balaban J connectivity index is 0.00000450. The number of guanidine groups is 1. The van der Waals surface area contributed by atoms with Crippen LogP contribution < -0.4 is 20.7 Å². The van der Waals surface area contributed by atoms with Gasteiger partial charge in [0.25, 0.3) is 5.91 Å². The number of aliphatic imine (C=N–C) groups is 1. The first-order chi connectivity index (χ1) is 14.2. The molecule has 0 heterocycles. The number of carbonyl (C=O) groups excluding carboxylic acids is 1. The summed E-state index contributed by atoms with van der Waals surface area (Å²) in [7, 11) is 1.69. The summed E-state index contributed by atoms with van der Waals surface area (Å²) in [4.78, 5) is 16.8. The molecule has 0 aliphatic heterocycles. The largest absolute Gasteiger partial charge is 0.496 e. The molecule has 1 amide bonds. The van der Waals surface area contributed by atoms with Crippen molar-refractivity contribution in [3.63, 3.8) is 0 Å². The number of nitrogens with zero attached hydrogens (tertiary/aromatic N) is 1. The van der Waals surface area contributed by atoms with E-state index in [4.69, 9.17) is 4.74 Å². The lowest BCUT2D eigenvalue weighted by Crippen LogP contribution is -2.38. The van der Waals surface area contributed by atoms with Crippen LogP contribution in [-0.4, -0.2) is 38.6 Å². The summed E-state index contributed by atoms with van der Waals surface area (Å²) in [5.74, 6) is 1.61. The third kappa shape index (κ3) is 8.61. The lowest BCUT2D eigenvalue weighted by molar-refractivity contribution is 0.0953. The van der Waals surface area contributed by atoms with Crippen LogP contribution in [0.5, 0.6) is 5.75 Å². The quantitative estimate of drug-likeness (QED) is 0.252. The number of hydrogen-bond donors (Lipinski definition) is 3. The van der Waals surface area contributed by atoms with Crippen molar-refractivity contribution in [1.29, 1.82) is 0 Å². The molecule has 0 unspecified atom stereocenters. The molecule has 0 aliphatic carbocycles. The first kappa shape index (κ1) is 25.7. The van der Waals surface area contributed by atoms with Gasteiger partial charge in [-0.05, 0) is 49.1 Å². The average Bonchev–Trinajstić information content (AvgIpc) is 2.76. The molecule has 30 heavy (non-hydrogen) atoms. The van der Waals surface area contributed by atoms with Gasteiger partial charge in [0.15, 0.2) is 5.96 Å². The van der Waals surface area contributed by atoms with Gasteiger partial charge in [-0.2, -0.15) is 0 Å². The van der Waals surface area contributed by atoms with Gasteiger partial charge in [0.2, 0.25) is 0 Å². The maximum absolute atomic E-state index is 12.1. The van der Waals surface area contributed by atoms with Gasteiger partial charge in [-0.25, -0.2) is 4.99 Å². The Morgan fingerprint density at radius 3 is 2.53 bits per heavy atom. The fourth-order valence-electron chi connectivity index (χ4n) is 2.89. The number of carbonyl (C=O) groups is 1. The highest BCUT2D eigenvalue weighted by molar-refractivity contribution is 14.0. The Morgan fingerprint density at radius 1 is 1.00 bits per heavy atom. The standard InChI is InChI=1S/C23H32N4O2.HI/c1-4-14-25-22(28)20-11-8-9-18(16-20)17-27-23(24-5-2)26-15-13-19-10-6-7-12-21(19)29-3;/h6-12,16H,4-5,13-15,17H2,1-3H3,(H,25,28)(H2,24,26,27);1H. The maximum Gasteiger partial charge on any atom is 0.251 e. The molecule has 0 aliphatic rings. The van der Waals surface area contributed by atoms with Gasteiger partial charge in [0, 0.05) is 25.2 Å². The van der Waals surface area contributed by atoms with E-state index < -0.39 is 0 Å². The van der Waals surface area contributed by atoms with E-state index in [1.807, 2.05) is 56.3 Å². The monoisotopic (exact) mass is 524 g/mol. The molecule has 164 valence electrons. The van der Waals surface area contributed by atoms with Crippen LogP contribution in [0.1, 0.15) is 41.8 Å². The van der Waals surface area contributed by atoms with Gasteiger partial charge < -0.3 is 20.7 Å². The summed E-state index contributed by atoms with van der Waals surface area (Å²) in [5, 5.41) is 9.53. The fraction of sp³-hybridized carbons (Fsp3) is 0.391. The number of hydrogen-bond acceptors (Lipinski definition) is 3. The Labute approximate surface area is 196 Å². The summed E-state index contributed by atoms with van der Waals surface area (Å²) >= 11 is 0. The predicted octanol–water partition coefficient (Wildman–Crippen LogP) is 3.75. The van der Waals surface area contributed by atoms with E-state index in [0.717, 1.165) is 48.8 Å². The van der Waals surface area contributed by atoms with Gasteiger partial charge in [-0.3, -0.25) is 4.79 Å². The minimum Gasteiger partial charge on any atom is -0.496 e. The van der Waals surface area contributed by atoms with Crippen LogP contribution in [0, 0.1) is 0 Å². The molecule has 0 saturated heterocycles. The minimum atomic E-state index is -0.0421. The first-order valence-electron chi connectivity index (χ1n) is 10.2. The molecule has 0 bridgehead atoms. The highest BCUT2D eigenvalue weighted by atomic mass is 127. The highest BCUT2D eigenvalue weighted by Crippen LogP contribution is 2.17. The molecule has 2 aromatic carbocycles. The smallest absolute Gasteiger partial charge is 0.251 e. The number of amides is 1. The summed E-state index contributed by atoms with van der Waals surface area (Å²) in [6, 6.07) is 15.6. The molecule has 0 fully saturated rings. The van der Waals surface area contributed by atoms with Crippen LogP contribution in [0.4, 0.5) is 0 Å². The second-order valence-corrected chi connectivity index (χ2v) is 6.64. The molecule has 2 rings (SSSR count). The summed E-state index contributed by atoms with van der Waals surface area (Å²) < 4.78 is 5.40. The first-order valence-corrected chi connectivity index (χ1v) is 10.2. The van der Waals surface area contributed by atoms with Crippen LogP contribution in [0.3, 0.4) is 0 Å². The normalized spacial score (nSPS) is 10.7. The Hall–Kier alpha value is -2.29. The van der Waals surface area contributed by atoms with Crippen molar-refractivity contribution in [2.24, 2.45) is 4.99 Å². The van der Waals surface area contributed by atoms with E-state index in [-0.39, 0.29) is 29.9 Å². The lowest BCUT2D eigenvalue weighted by Gasteiger charge is -2.13. The van der Waals surface area contributed by atoms with Crippen molar-refractivity contribution < 1.29 is 9.53 Å². The average molecular weight is 524 g/mol. The maximum atomic E-state index is 12.1. The molecular weight excluding hydrogens is 491 g/mol. The summed E-state index contributed by atoms with van der Waals surface area (Å²) in [6.07, 6.45) is 1.75. The topological polar surface area (TPSA) is 74.8 Å². The molecule has 0 spiro atoms. The van der Waals surface area contributed by atoms with Crippen LogP contribution in [0.2, 0.25) is 0 Å². The second kappa shape index (κ2) is 14.7. The number of nitrogens with one attached hydrogen (secondary N) is 3. The van der Waals surface area contributed by atoms with E-state index in [0.29, 0.717) is 18.7 Å². The third-order valence-electron chi connectivity index (χ3n) is 4.37. The summed E-state index contributed by atoms with van der Waals surface area (Å²) in [5.41, 5.74) is 2.82. The van der Waals surface area contributed by atoms with Crippen LogP contribution in [0.25, 0.3) is 0 Å². The molecule has 3 N–H and O–H groups in total. The zero-order chi connectivity index (χ0) is 20.9. The molecule has 0 atom stereocenters. The number of rotatable bonds is 10. The third-order valence-corrected chi connectivity index (χ3v) is 4.37. The number of benzene rings is 2. The van der Waals surface area contributed by atoms with Crippen molar-refractivity contribution in [1.82, 2.24) is 16.0 Å². The zero-order valence-corrected chi connectivity index (χ0v) is 20.4. The van der Waals surface area contributed by atoms with Crippen molar-refractivity contribution in [3.05, 3.63) is 65.2 Å². The molecule has 6 nitrogen and oxygen atoms in total. The van der Waals surface area contributed by atoms with Crippen LogP contribution in [0.15, 0.2) is 53.5 Å². The Kier molecular flexibility index (Phi) is 12.6. The van der Waals surface area contributed by atoms with Crippen molar-refractivity contribution in [3.8, 4) is 5.75 Å². The van der Waals surface area contributed by atoms with E-state index in [1.165, 1.54) is 0 Å². The van der Waals surface area contributed by atoms with Crippen LogP contribution >= 0.6 is 24.0 Å². The van der Waals surface area contributed by atoms with Crippen LogP contribution in [-0.2, 0) is 13.0 Å². The number of methoxy groups -OCH3 is 1. The second-order valence-electron chi connectivity index (χ2n) is 6.64. The van der Waals surface area contributed by atoms with Gasteiger partial charge >= 0.3 is 0 Å². The zero-order valence-electron chi connectivity index (χ0n) is 18.0. The Bertz CT molecular complexity index is 811. The molecular formula is C23H33IN4O2. The van der Waals surface area contributed by atoms with E-state index in [9.17, 15) is 4.79 Å². The van der Waals surface area contributed by atoms with E-state index >= 15 is 0 Å². The van der Waals surface area contributed by atoms with E-state index in [2.05, 4.69) is 27.0 Å². The highest BCUT2D eigenvalue weighted by Gasteiger charge is 2.06. The predicted molar refractivity (Wildman–Crippen MR) is 134 cm³/mol. The molecule has 0 radical (unpaired) electrons.